The molecule has 0 bridgehead atoms. The van der Waals surface area contributed by atoms with Gasteiger partial charge in [-0.15, -0.1) is 0 Å². The van der Waals surface area contributed by atoms with E-state index in [0.29, 0.717) is 30.6 Å². The van der Waals surface area contributed by atoms with Crippen molar-refractivity contribution in [3.8, 4) is 17.1 Å². The zero-order chi connectivity index (χ0) is 17.9. The van der Waals surface area contributed by atoms with E-state index in [4.69, 9.17) is 9.26 Å². The zero-order valence-electron chi connectivity index (χ0n) is 14.3. The first-order valence-corrected chi connectivity index (χ1v) is 8.93. The number of hydrogen-bond acceptors (Lipinski definition) is 6. The smallest absolute Gasteiger partial charge is 0.387 e. The van der Waals surface area contributed by atoms with Crippen molar-refractivity contribution in [2.75, 3.05) is 13.2 Å². The molecule has 1 aromatic carbocycles. The highest BCUT2D eigenvalue weighted by atomic mass is 19.3. The lowest BCUT2D eigenvalue weighted by atomic mass is 9.90. The first-order valence-electron chi connectivity index (χ1n) is 8.93. The van der Waals surface area contributed by atoms with Gasteiger partial charge in [0.15, 0.2) is 0 Å². The molecule has 8 heteroatoms. The topological polar surface area (TPSA) is 60.6 Å². The second kappa shape index (κ2) is 7.67. The molecular weight excluding hydrogens is 344 g/mol. The number of benzene rings is 1. The molecule has 1 aliphatic heterocycles. The molecule has 1 aromatic heterocycles. The Hall–Kier alpha value is -2.06. The van der Waals surface area contributed by atoms with Gasteiger partial charge in [0.2, 0.25) is 11.7 Å². The zero-order valence-corrected chi connectivity index (χ0v) is 14.3. The minimum absolute atomic E-state index is 0.0357. The summed E-state index contributed by atoms with van der Waals surface area (Å²) in [7, 11) is 0. The summed E-state index contributed by atoms with van der Waals surface area (Å²) < 4.78 is 41.0. The quantitative estimate of drug-likeness (QED) is 0.808. The molecule has 26 heavy (non-hydrogen) atoms. The van der Waals surface area contributed by atoms with Crippen LogP contribution in [-0.2, 0) is 11.3 Å². The van der Waals surface area contributed by atoms with Crippen LogP contribution in [0.3, 0.4) is 0 Å². The molecule has 0 amide bonds. The number of rotatable bonds is 5. The van der Waals surface area contributed by atoms with Gasteiger partial charge in [-0.25, -0.2) is 0 Å². The van der Waals surface area contributed by atoms with Crippen molar-refractivity contribution in [3.05, 3.63) is 30.2 Å². The van der Waals surface area contributed by atoms with Gasteiger partial charge in [-0.3, -0.25) is 4.90 Å². The molecule has 0 N–H and O–H groups in total. The van der Waals surface area contributed by atoms with Crippen LogP contribution in [0.25, 0.3) is 11.4 Å². The van der Waals surface area contributed by atoms with Gasteiger partial charge in [0, 0.05) is 12.6 Å². The maximum atomic E-state index is 12.6. The fraction of sp³-hybridized carbons (Fsp3) is 0.556. The minimum Gasteiger partial charge on any atom is -0.434 e. The highest BCUT2D eigenvalue weighted by molar-refractivity contribution is 5.63. The summed E-state index contributed by atoms with van der Waals surface area (Å²) in [5.41, 5.74) is 0.389. The van der Waals surface area contributed by atoms with Gasteiger partial charge in [-0.1, -0.05) is 30.1 Å². The number of hydrogen-bond donors (Lipinski definition) is 0. The molecule has 2 aromatic rings. The predicted molar refractivity (Wildman–Crippen MR) is 88.8 cm³/mol. The third kappa shape index (κ3) is 3.71. The van der Waals surface area contributed by atoms with Crippen molar-refractivity contribution in [2.24, 2.45) is 0 Å². The van der Waals surface area contributed by atoms with Crippen LogP contribution >= 0.6 is 0 Å². The van der Waals surface area contributed by atoms with E-state index >= 15 is 0 Å². The number of aromatic nitrogens is 2. The van der Waals surface area contributed by atoms with Gasteiger partial charge >= 0.3 is 6.61 Å². The number of alkyl halides is 2. The van der Waals surface area contributed by atoms with Gasteiger partial charge < -0.3 is 14.0 Å². The summed E-state index contributed by atoms with van der Waals surface area (Å²) in [5, 5.41) is 3.95. The molecule has 6 nitrogen and oxygen atoms in total. The SMILES string of the molecule is FC(F)Oc1ccccc1-c1noc(CN2CCOC3CCCCC32)n1. The van der Waals surface area contributed by atoms with E-state index in [2.05, 4.69) is 19.8 Å². The predicted octanol–water partition coefficient (Wildman–Crippen LogP) is 3.48. The molecule has 0 spiro atoms. The molecule has 2 atom stereocenters. The van der Waals surface area contributed by atoms with Crippen LogP contribution in [0.15, 0.2) is 28.8 Å². The lowest BCUT2D eigenvalue weighted by Crippen LogP contribution is -2.52. The van der Waals surface area contributed by atoms with Crippen molar-refractivity contribution in [1.82, 2.24) is 15.0 Å². The Kier molecular flexibility index (Phi) is 5.12. The number of ether oxygens (including phenoxy) is 2. The van der Waals surface area contributed by atoms with Gasteiger partial charge in [0.25, 0.3) is 0 Å². The fourth-order valence-corrected chi connectivity index (χ4v) is 3.83. The average Bonchev–Trinajstić information content (AvgIpc) is 3.10. The van der Waals surface area contributed by atoms with Crippen LogP contribution in [0.5, 0.6) is 5.75 Å². The first-order chi connectivity index (χ1) is 12.7. The molecule has 4 rings (SSSR count). The molecule has 1 saturated carbocycles. The molecule has 2 unspecified atom stereocenters. The van der Waals surface area contributed by atoms with E-state index in [-0.39, 0.29) is 17.7 Å². The van der Waals surface area contributed by atoms with Gasteiger partial charge in [-0.2, -0.15) is 13.8 Å². The van der Waals surface area contributed by atoms with E-state index in [9.17, 15) is 8.78 Å². The molecule has 140 valence electrons. The van der Waals surface area contributed by atoms with E-state index in [1.54, 1.807) is 18.2 Å². The Balaban J connectivity index is 1.50. The monoisotopic (exact) mass is 365 g/mol. The number of fused-ring (bicyclic) bond motifs is 1. The molecule has 1 saturated heterocycles. The van der Waals surface area contributed by atoms with Gasteiger partial charge in [0.1, 0.15) is 5.75 Å². The molecular formula is C18H21F2N3O3. The van der Waals surface area contributed by atoms with Crippen LogP contribution in [-0.4, -0.2) is 46.9 Å². The van der Waals surface area contributed by atoms with Crippen LogP contribution in [0.1, 0.15) is 31.6 Å². The van der Waals surface area contributed by atoms with E-state index in [1.165, 1.54) is 18.9 Å². The van der Waals surface area contributed by atoms with Gasteiger partial charge in [-0.05, 0) is 25.0 Å². The Labute approximate surface area is 150 Å². The fourth-order valence-electron chi connectivity index (χ4n) is 3.83. The number of nitrogens with zero attached hydrogens (tertiary/aromatic N) is 3. The molecule has 1 aliphatic carbocycles. The minimum atomic E-state index is -2.90. The van der Waals surface area contributed by atoms with Crippen molar-refractivity contribution in [2.45, 2.75) is 51.0 Å². The summed E-state index contributed by atoms with van der Waals surface area (Å²) in [6.45, 7) is -0.842. The normalized spacial score (nSPS) is 23.8. The summed E-state index contributed by atoms with van der Waals surface area (Å²) in [6.07, 6.45) is 4.89. The summed E-state index contributed by atoms with van der Waals surface area (Å²) >= 11 is 0. The van der Waals surface area contributed by atoms with Crippen molar-refractivity contribution in [1.29, 1.82) is 0 Å². The summed E-state index contributed by atoms with van der Waals surface area (Å²) in [4.78, 5) is 6.72. The van der Waals surface area contributed by atoms with Crippen molar-refractivity contribution >= 4 is 0 Å². The van der Waals surface area contributed by atoms with E-state index < -0.39 is 6.61 Å². The van der Waals surface area contributed by atoms with Gasteiger partial charge in [0.05, 0.1) is 24.8 Å². The Morgan fingerprint density at radius 2 is 2.08 bits per heavy atom. The number of halogens is 2. The van der Waals surface area contributed by atoms with Crippen LogP contribution in [0.2, 0.25) is 0 Å². The van der Waals surface area contributed by atoms with Crippen molar-refractivity contribution < 1.29 is 22.8 Å². The van der Waals surface area contributed by atoms with E-state index in [1.807, 2.05) is 0 Å². The Morgan fingerprint density at radius 1 is 1.23 bits per heavy atom. The molecule has 2 heterocycles. The molecule has 2 fully saturated rings. The number of para-hydroxylation sites is 1. The largest absolute Gasteiger partial charge is 0.434 e. The van der Waals surface area contributed by atoms with E-state index in [0.717, 1.165) is 19.4 Å². The van der Waals surface area contributed by atoms with Crippen molar-refractivity contribution in [3.63, 3.8) is 0 Å². The summed E-state index contributed by atoms with van der Waals surface area (Å²) in [6, 6.07) is 6.82. The van der Waals surface area contributed by atoms with Crippen LogP contribution in [0.4, 0.5) is 8.78 Å². The second-order valence-corrected chi connectivity index (χ2v) is 6.62. The lowest BCUT2D eigenvalue weighted by molar-refractivity contribution is -0.0933. The van der Waals surface area contributed by atoms with Crippen LogP contribution < -0.4 is 4.74 Å². The summed E-state index contributed by atoms with van der Waals surface area (Å²) in [5.74, 6) is 0.761. The molecule has 2 aliphatic rings. The third-order valence-corrected chi connectivity index (χ3v) is 5.00. The number of morpholine rings is 1. The maximum absolute atomic E-state index is 12.6. The Morgan fingerprint density at radius 3 is 2.96 bits per heavy atom. The maximum Gasteiger partial charge on any atom is 0.387 e. The second-order valence-electron chi connectivity index (χ2n) is 6.62. The highest BCUT2D eigenvalue weighted by Crippen LogP contribution is 2.31. The highest BCUT2D eigenvalue weighted by Gasteiger charge is 2.34. The van der Waals surface area contributed by atoms with Crippen LogP contribution in [0, 0.1) is 0 Å². The average molecular weight is 365 g/mol. The lowest BCUT2D eigenvalue weighted by Gasteiger charge is -2.43. The first kappa shape index (κ1) is 17.4. The standard InChI is InChI=1S/C18H21F2N3O3/c19-18(20)25-14-7-3-1-5-12(14)17-21-16(26-22-17)11-23-9-10-24-15-8-4-2-6-13(15)23/h1,3,5,7,13,15,18H,2,4,6,8-11H2. The Bertz CT molecular complexity index is 738. The third-order valence-electron chi connectivity index (χ3n) is 5.00. The molecule has 0 radical (unpaired) electrons.